The fraction of sp³-hybridized carbons (Fsp3) is 1.00. The van der Waals surface area contributed by atoms with Gasteiger partial charge in [0.25, 0.3) is 0 Å². The molecule has 61 valence electrons. The van der Waals surface area contributed by atoms with E-state index < -0.39 is 0 Å². The molecular formula is C8H16BP2. The van der Waals surface area contributed by atoms with Gasteiger partial charge in [-0.25, -0.2) is 0 Å². The highest BCUT2D eigenvalue weighted by atomic mass is 31.2. The Hall–Kier alpha value is 0.925. The summed E-state index contributed by atoms with van der Waals surface area (Å²) >= 11 is 0. The van der Waals surface area contributed by atoms with Crippen LogP contribution in [0.2, 0.25) is 0 Å². The van der Waals surface area contributed by atoms with Gasteiger partial charge in [0.2, 0.25) is 0 Å². The fourth-order valence-electron chi connectivity index (χ4n) is 1.95. The van der Waals surface area contributed by atoms with Crippen LogP contribution in [0.15, 0.2) is 0 Å². The van der Waals surface area contributed by atoms with Crippen molar-refractivity contribution in [3.05, 3.63) is 0 Å². The number of hydrogen-bond donors (Lipinski definition) is 0. The predicted octanol–water partition coefficient (Wildman–Crippen LogP) is 3.07. The molecule has 0 saturated carbocycles. The predicted molar refractivity (Wildman–Crippen MR) is 57.5 cm³/mol. The highest BCUT2D eigenvalue weighted by Crippen LogP contribution is 2.54. The zero-order chi connectivity index (χ0) is 7.52. The normalized spacial score (nSPS) is 28.0. The Bertz CT molecular complexity index is 103. The smallest absolute Gasteiger partial charge is 0.142 e. The summed E-state index contributed by atoms with van der Waals surface area (Å²) in [6, 6.07) is 0. The summed E-state index contributed by atoms with van der Waals surface area (Å²) in [7, 11) is 0.895. The zero-order valence-corrected chi connectivity index (χ0v) is 8.92. The molecule has 2 heterocycles. The van der Waals surface area contributed by atoms with Crippen molar-refractivity contribution in [3.63, 3.8) is 0 Å². The third-order valence-corrected chi connectivity index (χ3v) is 8.78. The van der Waals surface area contributed by atoms with Gasteiger partial charge in [-0.15, -0.1) is 15.6 Å². The first-order valence-corrected chi connectivity index (χ1v) is 8.34. The van der Waals surface area contributed by atoms with Gasteiger partial charge in [-0.3, -0.25) is 0 Å². The van der Waals surface area contributed by atoms with Gasteiger partial charge in [0.05, 0.1) is 0 Å². The van der Waals surface area contributed by atoms with Crippen LogP contribution in [0, 0.1) is 0 Å². The molecule has 3 heteroatoms. The van der Waals surface area contributed by atoms with E-state index >= 15 is 0 Å². The lowest BCUT2D eigenvalue weighted by atomic mass is 10.4. The summed E-state index contributed by atoms with van der Waals surface area (Å²) in [6.07, 6.45) is 12.4. The van der Waals surface area contributed by atoms with Gasteiger partial charge in [0.1, 0.15) is 0 Å². The minimum atomic E-state index is 0.448. The quantitative estimate of drug-likeness (QED) is 0.458. The molecule has 2 fully saturated rings. The van der Waals surface area contributed by atoms with Gasteiger partial charge in [0, 0.05) is 0 Å². The van der Waals surface area contributed by atoms with E-state index in [1.807, 2.05) is 0 Å². The van der Waals surface area contributed by atoms with Crippen molar-refractivity contribution in [2.24, 2.45) is 0 Å². The maximum atomic E-state index is 2.81. The van der Waals surface area contributed by atoms with Crippen LogP contribution < -0.4 is 0 Å². The molecule has 0 unspecified atom stereocenters. The second-order valence-corrected chi connectivity index (χ2v) is 8.67. The first-order chi connectivity index (χ1) is 5.45. The highest BCUT2D eigenvalue weighted by Gasteiger charge is 2.22. The van der Waals surface area contributed by atoms with Gasteiger partial charge in [0.15, 0.2) is 6.72 Å². The Morgan fingerprint density at radius 3 is 1.36 bits per heavy atom. The molecule has 2 aliphatic heterocycles. The molecule has 1 radical (unpaired) electrons. The van der Waals surface area contributed by atoms with E-state index in [9.17, 15) is 0 Å². The van der Waals surface area contributed by atoms with Crippen molar-refractivity contribution in [2.75, 3.05) is 24.6 Å². The van der Waals surface area contributed by atoms with Crippen molar-refractivity contribution in [2.45, 2.75) is 25.7 Å². The molecule has 11 heavy (non-hydrogen) atoms. The van der Waals surface area contributed by atoms with Gasteiger partial charge in [-0.05, 0) is 50.3 Å². The summed E-state index contributed by atoms with van der Waals surface area (Å²) in [5, 5.41) is 0. The van der Waals surface area contributed by atoms with Crippen molar-refractivity contribution < 1.29 is 0 Å². The molecular weight excluding hydrogens is 169 g/mol. The van der Waals surface area contributed by atoms with E-state index in [0.29, 0.717) is 15.6 Å². The molecule has 0 spiro atoms. The van der Waals surface area contributed by atoms with Gasteiger partial charge >= 0.3 is 0 Å². The lowest BCUT2D eigenvalue weighted by Crippen LogP contribution is -1.90. The average molecular weight is 185 g/mol. The molecule has 0 bridgehead atoms. The highest BCUT2D eigenvalue weighted by molar-refractivity contribution is 8.15. The van der Waals surface area contributed by atoms with Crippen LogP contribution in [-0.2, 0) is 0 Å². The van der Waals surface area contributed by atoms with Gasteiger partial charge in [-0.1, -0.05) is 0 Å². The summed E-state index contributed by atoms with van der Waals surface area (Å²) in [5.41, 5.74) is 0. The van der Waals surface area contributed by atoms with E-state index in [4.69, 9.17) is 0 Å². The van der Waals surface area contributed by atoms with Gasteiger partial charge in [-0.2, -0.15) is 0 Å². The van der Waals surface area contributed by atoms with Crippen LogP contribution in [0.4, 0.5) is 0 Å². The second-order valence-electron chi connectivity index (χ2n) is 3.60. The monoisotopic (exact) mass is 185 g/mol. The van der Waals surface area contributed by atoms with Crippen LogP contribution in [0.1, 0.15) is 25.7 Å². The minimum absolute atomic E-state index is 0.448. The molecule has 0 aromatic rings. The van der Waals surface area contributed by atoms with Gasteiger partial charge < -0.3 is 0 Å². The minimum Gasteiger partial charge on any atom is -0.142 e. The lowest BCUT2D eigenvalue weighted by molar-refractivity contribution is 0.949. The topological polar surface area (TPSA) is 0 Å². The van der Waals surface area contributed by atoms with Crippen molar-refractivity contribution in [1.29, 1.82) is 0 Å². The number of rotatable bonds is 2. The third kappa shape index (κ3) is 2.43. The second kappa shape index (κ2) is 4.24. The van der Waals surface area contributed by atoms with Crippen LogP contribution in [0.5, 0.6) is 0 Å². The van der Waals surface area contributed by atoms with Crippen molar-refractivity contribution >= 4 is 22.3 Å². The summed E-state index contributed by atoms with van der Waals surface area (Å²) in [5.74, 6) is 0. The van der Waals surface area contributed by atoms with Crippen LogP contribution in [-0.4, -0.2) is 31.4 Å². The summed E-state index contributed by atoms with van der Waals surface area (Å²) < 4.78 is 0. The zero-order valence-electron chi connectivity index (χ0n) is 7.13. The fourth-order valence-corrected chi connectivity index (χ4v) is 8.61. The molecule has 0 amide bonds. The Morgan fingerprint density at radius 2 is 1.00 bits per heavy atom. The first-order valence-electron chi connectivity index (χ1n) is 4.78. The molecule has 0 N–H and O–H groups in total. The SMILES string of the molecule is [B](P1CCCC1)P1CCCC1. The molecule has 2 aliphatic rings. The Balaban J connectivity index is 1.71. The maximum Gasteiger partial charge on any atom is 0.181 e. The average Bonchev–Trinajstić information content (AvgIpc) is 2.60. The van der Waals surface area contributed by atoms with E-state index in [-0.39, 0.29) is 0 Å². The van der Waals surface area contributed by atoms with Crippen LogP contribution >= 0.6 is 15.6 Å². The van der Waals surface area contributed by atoms with Crippen LogP contribution in [0.25, 0.3) is 0 Å². The third-order valence-electron chi connectivity index (χ3n) is 2.61. The molecule has 0 atom stereocenters. The number of hydrogen-bond acceptors (Lipinski definition) is 0. The molecule has 0 aromatic heterocycles. The van der Waals surface area contributed by atoms with E-state index in [1.54, 1.807) is 24.6 Å². The Morgan fingerprint density at radius 1 is 0.636 bits per heavy atom. The molecule has 0 aromatic carbocycles. The van der Waals surface area contributed by atoms with E-state index in [2.05, 4.69) is 6.72 Å². The lowest BCUT2D eigenvalue weighted by Gasteiger charge is -2.13. The summed E-state index contributed by atoms with van der Waals surface area (Å²) in [6.45, 7) is 2.81. The summed E-state index contributed by atoms with van der Waals surface area (Å²) in [4.78, 5) is 0. The van der Waals surface area contributed by atoms with Crippen molar-refractivity contribution in [1.82, 2.24) is 0 Å². The molecule has 0 nitrogen and oxygen atoms in total. The molecule has 2 rings (SSSR count). The molecule has 2 saturated heterocycles. The van der Waals surface area contributed by atoms with Crippen LogP contribution in [0.3, 0.4) is 0 Å². The van der Waals surface area contributed by atoms with E-state index in [1.165, 1.54) is 25.7 Å². The van der Waals surface area contributed by atoms with E-state index in [0.717, 1.165) is 0 Å². The largest absolute Gasteiger partial charge is 0.181 e. The van der Waals surface area contributed by atoms with Crippen molar-refractivity contribution in [3.8, 4) is 0 Å². The molecule has 0 aliphatic carbocycles. The standard InChI is InChI=1S/C8H16BP2/c1-2-6-10(5-1)9-11-7-3-4-8-11/h1-8H2. The Kier molecular flexibility index (Phi) is 3.29. The Labute approximate surface area is 73.2 Å². The maximum absolute atomic E-state index is 2.81. The first kappa shape index (κ1) is 8.52.